The van der Waals surface area contributed by atoms with Crippen molar-refractivity contribution in [1.29, 1.82) is 0 Å². The second-order valence-corrected chi connectivity index (χ2v) is 6.45. The molecule has 2 unspecified atom stereocenters. The molecule has 1 aliphatic carbocycles. The Kier molecular flexibility index (Phi) is 4.68. The normalized spacial score (nSPS) is 30.0. The largest absolute Gasteiger partial charge is 0.481 e. The highest BCUT2D eigenvalue weighted by Gasteiger charge is 2.43. The lowest BCUT2D eigenvalue weighted by Gasteiger charge is -2.44. The fourth-order valence-corrected chi connectivity index (χ4v) is 3.74. The number of amides is 1. The predicted molar refractivity (Wildman–Crippen MR) is 76.1 cm³/mol. The molecule has 3 N–H and O–H groups in total. The molecule has 1 heterocycles. The van der Waals surface area contributed by atoms with Gasteiger partial charge in [-0.05, 0) is 32.6 Å². The van der Waals surface area contributed by atoms with E-state index in [1.807, 2.05) is 11.8 Å². The van der Waals surface area contributed by atoms with Crippen molar-refractivity contribution in [2.45, 2.75) is 57.9 Å². The number of piperidine rings is 1. The van der Waals surface area contributed by atoms with Gasteiger partial charge in [0.2, 0.25) is 5.91 Å². The van der Waals surface area contributed by atoms with Crippen LogP contribution in [0.2, 0.25) is 0 Å². The van der Waals surface area contributed by atoms with Crippen LogP contribution in [0, 0.1) is 11.3 Å². The molecule has 0 aromatic carbocycles. The number of nitrogens with zero attached hydrogens (tertiary/aromatic N) is 1. The molecule has 2 fully saturated rings. The van der Waals surface area contributed by atoms with Crippen molar-refractivity contribution in [2.75, 3.05) is 13.1 Å². The second-order valence-electron chi connectivity index (χ2n) is 6.45. The van der Waals surface area contributed by atoms with E-state index in [0.29, 0.717) is 25.9 Å². The van der Waals surface area contributed by atoms with Crippen LogP contribution in [-0.2, 0) is 9.59 Å². The lowest BCUT2D eigenvalue weighted by atomic mass is 9.72. The summed E-state index contributed by atoms with van der Waals surface area (Å²) in [6.45, 7) is 2.93. The van der Waals surface area contributed by atoms with Crippen LogP contribution < -0.4 is 5.73 Å². The number of hydrogen-bond acceptors (Lipinski definition) is 3. The summed E-state index contributed by atoms with van der Waals surface area (Å²) in [5, 5.41) is 9.10. The van der Waals surface area contributed by atoms with Crippen LogP contribution in [0.5, 0.6) is 0 Å². The molecular formula is C15H26N2O3. The number of likely N-dealkylation sites (tertiary alicyclic amines) is 1. The Morgan fingerprint density at radius 3 is 2.45 bits per heavy atom. The van der Waals surface area contributed by atoms with Gasteiger partial charge in [-0.15, -0.1) is 0 Å². The summed E-state index contributed by atoms with van der Waals surface area (Å²) in [4.78, 5) is 25.9. The average Bonchev–Trinajstić information content (AvgIpc) is 2.47. The molecule has 1 saturated carbocycles. The van der Waals surface area contributed by atoms with Gasteiger partial charge in [-0.1, -0.05) is 19.3 Å². The summed E-state index contributed by atoms with van der Waals surface area (Å²) in [7, 11) is 0. The smallest absolute Gasteiger partial charge is 0.306 e. The molecule has 1 amide bonds. The fourth-order valence-electron chi connectivity index (χ4n) is 3.74. The van der Waals surface area contributed by atoms with Gasteiger partial charge >= 0.3 is 5.97 Å². The molecule has 0 aromatic rings. The number of carbonyl (C=O) groups is 2. The molecule has 0 bridgehead atoms. The maximum absolute atomic E-state index is 12.9. The first-order valence-corrected chi connectivity index (χ1v) is 7.74. The topological polar surface area (TPSA) is 83.6 Å². The van der Waals surface area contributed by atoms with Crippen molar-refractivity contribution in [1.82, 2.24) is 4.90 Å². The third-order valence-corrected chi connectivity index (χ3v) is 5.14. The van der Waals surface area contributed by atoms with Crippen molar-refractivity contribution in [2.24, 2.45) is 17.1 Å². The third-order valence-electron chi connectivity index (χ3n) is 5.14. The van der Waals surface area contributed by atoms with E-state index < -0.39 is 5.97 Å². The molecule has 2 aliphatic rings. The van der Waals surface area contributed by atoms with Crippen molar-refractivity contribution >= 4 is 11.9 Å². The molecule has 2 atom stereocenters. The number of aliphatic carboxylic acids is 1. The van der Waals surface area contributed by atoms with Crippen LogP contribution in [0.4, 0.5) is 0 Å². The summed E-state index contributed by atoms with van der Waals surface area (Å²) in [5.41, 5.74) is 5.54. The van der Waals surface area contributed by atoms with Gasteiger partial charge in [0.15, 0.2) is 0 Å². The zero-order chi connectivity index (χ0) is 14.8. The lowest BCUT2D eigenvalue weighted by Crippen LogP contribution is -2.54. The summed E-state index contributed by atoms with van der Waals surface area (Å²) in [6.07, 6.45) is 6.22. The summed E-state index contributed by atoms with van der Waals surface area (Å²) >= 11 is 0. The number of nitrogens with two attached hydrogens (primary N) is 1. The highest BCUT2D eigenvalue weighted by Crippen LogP contribution is 2.39. The first kappa shape index (κ1) is 15.3. The zero-order valence-electron chi connectivity index (χ0n) is 12.3. The lowest BCUT2D eigenvalue weighted by molar-refractivity contribution is -0.153. The SMILES string of the molecule is CC1CC(C(=O)O)CCN1C(=O)C1(CN)CCCCC1. The van der Waals surface area contributed by atoms with Crippen LogP contribution >= 0.6 is 0 Å². The van der Waals surface area contributed by atoms with Crippen LogP contribution in [0.3, 0.4) is 0 Å². The Labute approximate surface area is 120 Å². The maximum Gasteiger partial charge on any atom is 0.306 e. The summed E-state index contributed by atoms with van der Waals surface area (Å²) < 4.78 is 0. The monoisotopic (exact) mass is 282 g/mol. The predicted octanol–water partition coefficient (Wildman–Crippen LogP) is 1.61. The van der Waals surface area contributed by atoms with Gasteiger partial charge in [0, 0.05) is 19.1 Å². The molecule has 5 nitrogen and oxygen atoms in total. The van der Waals surface area contributed by atoms with E-state index in [2.05, 4.69) is 0 Å². The fraction of sp³-hybridized carbons (Fsp3) is 0.867. The highest BCUT2D eigenvalue weighted by molar-refractivity contribution is 5.84. The van der Waals surface area contributed by atoms with Gasteiger partial charge in [-0.2, -0.15) is 0 Å². The van der Waals surface area contributed by atoms with E-state index in [1.54, 1.807) is 0 Å². The van der Waals surface area contributed by atoms with Crippen molar-refractivity contribution < 1.29 is 14.7 Å². The van der Waals surface area contributed by atoms with E-state index in [0.717, 1.165) is 25.7 Å². The maximum atomic E-state index is 12.9. The van der Waals surface area contributed by atoms with E-state index in [4.69, 9.17) is 10.8 Å². The van der Waals surface area contributed by atoms with Gasteiger partial charge in [-0.25, -0.2) is 0 Å². The van der Waals surface area contributed by atoms with Crippen LogP contribution in [0.1, 0.15) is 51.9 Å². The quantitative estimate of drug-likeness (QED) is 0.823. The minimum Gasteiger partial charge on any atom is -0.481 e. The Hall–Kier alpha value is -1.10. The number of carboxylic acids is 1. The minimum atomic E-state index is -0.741. The van der Waals surface area contributed by atoms with Crippen LogP contribution in [0.25, 0.3) is 0 Å². The van der Waals surface area contributed by atoms with Gasteiger partial charge in [-0.3, -0.25) is 9.59 Å². The van der Waals surface area contributed by atoms with Gasteiger partial charge in [0.05, 0.1) is 11.3 Å². The Bertz CT molecular complexity index is 377. The molecule has 1 saturated heterocycles. The first-order chi connectivity index (χ1) is 9.50. The van der Waals surface area contributed by atoms with Gasteiger partial charge in [0.1, 0.15) is 0 Å². The van der Waals surface area contributed by atoms with Crippen molar-refractivity contribution in [3.05, 3.63) is 0 Å². The van der Waals surface area contributed by atoms with Crippen LogP contribution in [0.15, 0.2) is 0 Å². The molecular weight excluding hydrogens is 256 g/mol. The number of carbonyl (C=O) groups excluding carboxylic acids is 1. The minimum absolute atomic E-state index is 0.00250. The molecule has 0 spiro atoms. The number of hydrogen-bond donors (Lipinski definition) is 2. The van der Waals surface area contributed by atoms with E-state index >= 15 is 0 Å². The van der Waals surface area contributed by atoms with Gasteiger partial charge < -0.3 is 15.7 Å². The molecule has 20 heavy (non-hydrogen) atoms. The van der Waals surface area contributed by atoms with Crippen molar-refractivity contribution in [3.63, 3.8) is 0 Å². The average molecular weight is 282 g/mol. The van der Waals surface area contributed by atoms with Crippen molar-refractivity contribution in [3.8, 4) is 0 Å². The standard InChI is InChI=1S/C15H26N2O3/c1-11-9-12(13(18)19)5-8-17(11)14(20)15(10-16)6-3-2-4-7-15/h11-12H,2-10,16H2,1H3,(H,18,19). The number of rotatable bonds is 3. The molecule has 5 heteroatoms. The van der Waals surface area contributed by atoms with Crippen LogP contribution in [-0.4, -0.2) is 41.0 Å². The molecule has 0 radical (unpaired) electrons. The summed E-state index contributed by atoms with van der Waals surface area (Å²) in [5.74, 6) is -0.888. The Balaban J connectivity index is 2.07. The molecule has 1 aliphatic heterocycles. The zero-order valence-corrected chi connectivity index (χ0v) is 12.3. The van der Waals surface area contributed by atoms with Gasteiger partial charge in [0.25, 0.3) is 0 Å². The molecule has 114 valence electrons. The third kappa shape index (κ3) is 2.82. The number of carboxylic acid groups (broad SMARTS) is 1. The van der Waals surface area contributed by atoms with E-state index in [-0.39, 0.29) is 23.3 Å². The second kappa shape index (κ2) is 6.12. The first-order valence-electron chi connectivity index (χ1n) is 7.74. The summed E-state index contributed by atoms with van der Waals surface area (Å²) in [6, 6.07) is 0.00250. The molecule has 2 rings (SSSR count). The molecule has 0 aromatic heterocycles. The van der Waals surface area contributed by atoms with E-state index in [1.165, 1.54) is 6.42 Å². The van der Waals surface area contributed by atoms with E-state index in [9.17, 15) is 9.59 Å². The Morgan fingerprint density at radius 2 is 1.95 bits per heavy atom. The highest BCUT2D eigenvalue weighted by atomic mass is 16.4. The Morgan fingerprint density at radius 1 is 1.30 bits per heavy atom.